The summed E-state index contributed by atoms with van der Waals surface area (Å²) in [6.07, 6.45) is 2.21. The molecule has 1 unspecified atom stereocenters. The number of hydrogen-bond acceptors (Lipinski definition) is 3. The van der Waals surface area contributed by atoms with Crippen LogP contribution in [0.4, 0.5) is 9.80 Å². The highest BCUT2D eigenvalue weighted by Gasteiger charge is 2.37. The largest absolute Gasteiger partial charge is 0.337 e. The fourth-order valence-electron chi connectivity index (χ4n) is 3.62. The summed E-state index contributed by atoms with van der Waals surface area (Å²) in [7, 11) is 0. The summed E-state index contributed by atoms with van der Waals surface area (Å²) in [5, 5.41) is 8.43. The summed E-state index contributed by atoms with van der Waals surface area (Å²) in [5.74, 6) is 0.134. The van der Waals surface area contributed by atoms with Crippen molar-refractivity contribution in [3.8, 4) is 0 Å². The molecule has 124 valence electrons. The van der Waals surface area contributed by atoms with Gasteiger partial charge in [-0.2, -0.15) is 0 Å². The van der Waals surface area contributed by atoms with Crippen molar-refractivity contribution in [1.82, 2.24) is 10.2 Å². The molecule has 5 nitrogen and oxygen atoms in total. The van der Waals surface area contributed by atoms with Crippen LogP contribution in [0.2, 0.25) is 0 Å². The highest BCUT2D eigenvalue weighted by Crippen LogP contribution is 2.28. The van der Waals surface area contributed by atoms with Crippen LogP contribution in [0.3, 0.4) is 0 Å². The van der Waals surface area contributed by atoms with E-state index in [4.69, 9.17) is 0 Å². The third kappa shape index (κ3) is 3.01. The zero-order chi connectivity index (χ0) is 16.5. The number of fused-ring (bicyclic) bond motifs is 1. The molecule has 1 fully saturated rings. The average molecular weight is 341 g/mol. The number of benzene rings is 1. The number of hydrogen-bond donors (Lipinski definition) is 2. The Morgan fingerprint density at radius 1 is 1.08 bits per heavy atom. The molecule has 0 radical (unpaired) electrons. The number of carbonyl (C=O) groups is 2. The Labute approximate surface area is 144 Å². The van der Waals surface area contributed by atoms with Gasteiger partial charge in [-0.15, -0.1) is 11.3 Å². The Balaban J connectivity index is 1.35. The lowest BCUT2D eigenvalue weighted by Crippen LogP contribution is -2.42. The van der Waals surface area contributed by atoms with Crippen molar-refractivity contribution in [3.63, 3.8) is 0 Å². The van der Waals surface area contributed by atoms with Gasteiger partial charge in [0.2, 0.25) is 5.91 Å². The van der Waals surface area contributed by atoms with Gasteiger partial charge in [0.15, 0.2) is 0 Å². The fraction of sp³-hybridized carbons (Fsp3) is 0.333. The van der Waals surface area contributed by atoms with E-state index in [1.165, 1.54) is 22.5 Å². The van der Waals surface area contributed by atoms with Gasteiger partial charge in [-0.1, -0.05) is 24.3 Å². The van der Waals surface area contributed by atoms with Crippen molar-refractivity contribution < 1.29 is 9.59 Å². The normalized spacial score (nSPS) is 20.2. The molecular weight excluding hydrogens is 322 g/mol. The van der Waals surface area contributed by atoms with Gasteiger partial charge in [0.1, 0.15) is 0 Å². The number of anilines is 1. The van der Waals surface area contributed by atoms with E-state index >= 15 is 0 Å². The number of carbonyl (C=O) groups excluding carboxylic acids is 2. The standard InChI is InChI=1S/C18H19N3O2S/c22-17-10-14(19-18(23)20-16-6-3-7-24-16)11-21(17)15-8-12-4-1-2-5-13(12)9-15/h1-7,14-15H,8-11H2,(H2,19,20,23). The lowest BCUT2D eigenvalue weighted by atomic mass is 10.1. The molecule has 0 spiro atoms. The zero-order valence-electron chi connectivity index (χ0n) is 13.2. The minimum absolute atomic E-state index is 0.124. The molecule has 1 aromatic carbocycles. The molecule has 2 heterocycles. The first kappa shape index (κ1) is 15.2. The van der Waals surface area contributed by atoms with Crippen molar-refractivity contribution in [2.24, 2.45) is 0 Å². The Kier molecular flexibility index (Phi) is 3.98. The summed E-state index contributed by atoms with van der Waals surface area (Å²) in [4.78, 5) is 26.4. The molecule has 0 saturated carbocycles. The van der Waals surface area contributed by atoms with Gasteiger partial charge >= 0.3 is 6.03 Å². The number of thiophene rings is 1. The third-order valence-corrected chi connectivity index (χ3v) is 5.51. The van der Waals surface area contributed by atoms with E-state index in [0.29, 0.717) is 13.0 Å². The molecule has 1 aromatic heterocycles. The summed E-state index contributed by atoms with van der Waals surface area (Å²) in [6, 6.07) is 12.0. The molecule has 2 N–H and O–H groups in total. The van der Waals surface area contributed by atoms with Gasteiger partial charge in [0.05, 0.1) is 11.0 Å². The maximum atomic E-state index is 12.4. The van der Waals surface area contributed by atoms with E-state index in [1.54, 1.807) is 0 Å². The maximum absolute atomic E-state index is 12.4. The Morgan fingerprint density at radius 3 is 2.50 bits per heavy atom. The molecule has 1 saturated heterocycles. The lowest BCUT2D eigenvalue weighted by Gasteiger charge is -2.24. The quantitative estimate of drug-likeness (QED) is 0.901. The van der Waals surface area contributed by atoms with Crippen molar-refractivity contribution in [3.05, 3.63) is 52.9 Å². The van der Waals surface area contributed by atoms with E-state index in [1.807, 2.05) is 34.5 Å². The number of rotatable bonds is 3. The Hall–Kier alpha value is -2.34. The van der Waals surface area contributed by atoms with Gasteiger partial charge < -0.3 is 10.2 Å². The number of nitrogens with zero attached hydrogens (tertiary/aromatic N) is 1. The summed E-state index contributed by atoms with van der Waals surface area (Å²) in [5.41, 5.74) is 2.67. The van der Waals surface area contributed by atoms with E-state index < -0.39 is 0 Å². The van der Waals surface area contributed by atoms with E-state index in [-0.39, 0.29) is 24.0 Å². The van der Waals surface area contributed by atoms with Crippen LogP contribution in [0.25, 0.3) is 0 Å². The number of nitrogens with one attached hydrogen (secondary N) is 2. The van der Waals surface area contributed by atoms with Crippen LogP contribution in [-0.4, -0.2) is 35.5 Å². The molecule has 1 atom stereocenters. The minimum Gasteiger partial charge on any atom is -0.337 e. The molecule has 2 aromatic rings. The highest BCUT2D eigenvalue weighted by molar-refractivity contribution is 7.14. The smallest absolute Gasteiger partial charge is 0.320 e. The predicted molar refractivity (Wildman–Crippen MR) is 94.2 cm³/mol. The summed E-state index contributed by atoms with van der Waals surface area (Å²) < 4.78 is 0. The maximum Gasteiger partial charge on any atom is 0.320 e. The topological polar surface area (TPSA) is 61.4 Å². The first-order valence-corrected chi connectivity index (χ1v) is 9.04. The molecular formula is C18H19N3O2S. The molecule has 0 bridgehead atoms. The highest BCUT2D eigenvalue weighted by atomic mass is 32.1. The van der Waals surface area contributed by atoms with Crippen LogP contribution >= 0.6 is 11.3 Å². The van der Waals surface area contributed by atoms with Crippen LogP contribution in [0, 0.1) is 0 Å². The fourth-order valence-corrected chi connectivity index (χ4v) is 4.23. The van der Waals surface area contributed by atoms with E-state index in [2.05, 4.69) is 22.8 Å². The van der Waals surface area contributed by atoms with Crippen LogP contribution in [0.15, 0.2) is 41.8 Å². The van der Waals surface area contributed by atoms with Crippen molar-refractivity contribution >= 4 is 28.3 Å². The Bertz CT molecular complexity index is 734. The second-order valence-corrected chi connectivity index (χ2v) is 7.30. The Morgan fingerprint density at radius 2 is 1.83 bits per heavy atom. The first-order chi connectivity index (χ1) is 11.7. The molecule has 24 heavy (non-hydrogen) atoms. The molecule has 1 aliphatic heterocycles. The van der Waals surface area contributed by atoms with Gasteiger partial charge in [0.25, 0.3) is 0 Å². The van der Waals surface area contributed by atoms with Crippen LogP contribution in [-0.2, 0) is 17.6 Å². The average Bonchev–Trinajstić information content (AvgIpc) is 3.26. The lowest BCUT2D eigenvalue weighted by molar-refractivity contribution is -0.129. The van der Waals surface area contributed by atoms with Gasteiger partial charge in [-0.3, -0.25) is 10.1 Å². The monoisotopic (exact) mass is 341 g/mol. The zero-order valence-corrected chi connectivity index (χ0v) is 14.0. The number of likely N-dealkylation sites (tertiary alicyclic amines) is 1. The van der Waals surface area contributed by atoms with Gasteiger partial charge in [-0.05, 0) is 41.5 Å². The van der Waals surface area contributed by atoms with Gasteiger partial charge in [-0.25, -0.2) is 4.79 Å². The molecule has 3 amide bonds. The van der Waals surface area contributed by atoms with E-state index in [9.17, 15) is 9.59 Å². The second-order valence-electron chi connectivity index (χ2n) is 6.35. The van der Waals surface area contributed by atoms with Crippen molar-refractivity contribution in [2.75, 3.05) is 11.9 Å². The third-order valence-electron chi connectivity index (χ3n) is 4.72. The predicted octanol–water partition coefficient (Wildman–Crippen LogP) is 2.64. The molecule has 1 aliphatic carbocycles. The minimum atomic E-state index is -0.244. The molecule has 2 aliphatic rings. The molecule has 6 heteroatoms. The van der Waals surface area contributed by atoms with Gasteiger partial charge in [0, 0.05) is 19.0 Å². The molecule has 4 rings (SSSR count). The number of amides is 3. The van der Waals surface area contributed by atoms with Crippen molar-refractivity contribution in [2.45, 2.75) is 31.3 Å². The second kappa shape index (κ2) is 6.28. The summed E-state index contributed by atoms with van der Waals surface area (Å²) >= 11 is 1.47. The van der Waals surface area contributed by atoms with Crippen molar-refractivity contribution in [1.29, 1.82) is 0 Å². The summed E-state index contributed by atoms with van der Waals surface area (Å²) in [6.45, 7) is 0.593. The SMILES string of the molecule is O=C(Nc1cccs1)NC1CC(=O)N(C2Cc3ccccc3C2)C1. The van der Waals surface area contributed by atoms with E-state index in [0.717, 1.165) is 17.8 Å². The van der Waals surface area contributed by atoms with Crippen LogP contribution < -0.4 is 10.6 Å². The van der Waals surface area contributed by atoms with Crippen LogP contribution in [0.1, 0.15) is 17.5 Å². The number of urea groups is 1. The van der Waals surface area contributed by atoms with Crippen LogP contribution in [0.5, 0.6) is 0 Å². The first-order valence-electron chi connectivity index (χ1n) is 8.16.